The van der Waals surface area contributed by atoms with Gasteiger partial charge in [-0.2, -0.15) is 0 Å². The van der Waals surface area contributed by atoms with Crippen molar-refractivity contribution in [2.24, 2.45) is 11.8 Å². The second-order valence-electron chi connectivity index (χ2n) is 18.2. The summed E-state index contributed by atoms with van der Waals surface area (Å²) in [6.45, 7) is 18.3. The predicted octanol–water partition coefficient (Wildman–Crippen LogP) is 15.2. The van der Waals surface area contributed by atoms with Gasteiger partial charge in [0.1, 0.15) is 17.0 Å². The number of nitrogens with zero attached hydrogens (tertiary/aromatic N) is 3. The monoisotopic (exact) mass is 1040 g/mol. The van der Waals surface area contributed by atoms with Gasteiger partial charge >= 0.3 is 0 Å². The molecule has 0 saturated heterocycles. The van der Waals surface area contributed by atoms with Gasteiger partial charge in [-0.05, 0) is 125 Å². The van der Waals surface area contributed by atoms with Crippen molar-refractivity contribution in [3.63, 3.8) is 0 Å². The number of aryl methyl sites for hydroxylation is 1. The molecule has 4 heterocycles. The molecular weight excluding hydrogens is 982 g/mol. The second kappa shape index (κ2) is 21.7. The first-order valence-corrected chi connectivity index (χ1v) is 25.5. The van der Waals surface area contributed by atoms with Gasteiger partial charge in [-0.1, -0.05) is 138 Å². The molecule has 0 saturated carbocycles. The molecule has 0 aliphatic rings. The van der Waals surface area contributed by atoms with Gasteiger partial charge in [0.05, 0.1) is 25.2 Å². The third-order valence-corrected chi connectivity index (χ3v) is 12.9. The summed E-state index contributed by atoms with van der Waals surface area (Å²) in [6.07, 6.45) is 8.10. The van der Waals surface area contributed by atoms with Gasteiger partial charge in [-0.15, -0.1) is 0 Å². The van der Waals surface area contributed by atoms with Crippen molar-refractivity contribution in [3.05, 3.63) is 193 Å². The smallest absolute Gasteiger partial charge is 0.144 e. The third-order valence-electron chi connectivity index (χ3n) is 10.9. The molecule has 0 N–H and O–H groups in total. The van der Waals surface area contributed by atoms with E-state index in [4.69, 9.17) is 9.40 Å². The molecule has 64 heavy (non-hydrogen) atoms. The quantitative estimate of drug-likeness (QED) is 0.135. The number of hydrogen-bond donors (Lipinski definition) is 0. The molecule has 0 atom stereocenters. The zero-order valence-corrected chi connectivity index (χ0v) is 41.6. The standard InChI is InChI=1S/C24H16FNO.C18H25NSi.C15H17N.Ir/c1-15-10-11-26-22(12-15)21-7-3-6-20-19-9-8-17(14-23(19)27-24(20)21)16-4-2-5-18(25)13-16;1-14(2)11-16-12-17(15-9-7-6-8-10-15)19-13-18(16)20(3,4)5;1-12(2)10-13-8-9-16-15(11-13)14-6-4-3-5-7-14;/h2-14H,1H3;6-10,12-14H,11H2,1-5H3;3-9,11-12H,10H2,1-2H3;. The summed E-state index contributed by atoms with van der Waals surface area (Å²) in [4.78, 5) is 13.6. The minimum absolute atomic E-state index is 0. The Morgan fingerprint density at radius 1 is 0.547 bits per heavy atom. The summed E-state index contributed by atoms with van der Waals surface area (Å²) in [5, 5.41) is 3.60. The number of benzene rings is 5. The Balaban J connectivity index is 0.000000165. The van der Waals surface area contributed by atoms with Crippen LogP contribution in [-0.2, 0) is 32.9 Å². The fraction of sp³-hybridized carbons (Fsp3) is 0.211. The molecule has 9 rings (SSSR count). The van der Waals surface area contributed by atoms with Gasteiger partial charge in [0, 0.05) is 66.2 Å². The molecule has 9 aromatic rings. The largest absolute Gasteiger partial charge is 0.455 e. The zero-order chi connectivity index (χ0) is 44.5. The number of rotatable bonds is 9. The van der Waals surface area contributed by atoms with Crippen LogP contribution in [0.4, 0.5) is 4.39 Å². The van der Waals surface area contributed by atoms with Crippen molar-refractivity contribution < 1.29 is 28.9 Å². The van der Waals surface area contributed by atoms with E-state index in [9.17, 15) is 4.39 Å². The van der Waals surface area contributed by atoms with Crippen LogP contribution in [0.1, 0.15) is 44.4 Å². The SMILES string of the molecule is CC(C)Cc1cc(-c2ccccc2)ncc1[Si](C)(C)C.CC(C)Cc1ccnc(-c2ccccc2)c1.Cc1ccnc(-c2cccc3c2oc2cc(-c4cccc(F)c4)ccc23)c1.[Ir]. The van der Waals surface area contributed by atoms with Gasteiger partial charge in [0.15, 0.2) is 0 Å². The normalized spacial score (nSPS) is 11.2. The van der Waals surface area contributed by atoms with Gasteiger partial charge in [0.25, 0.3) is 0 Å². The molecule has 5 aromatic carbocycles. The van der Waals surface area contributed by atoms with E-state index in [1.807, 2.05) is 73.1 Å². The zero-order valence-electron chi connectivity index (χ0n) is 38.2. The van der Waals surface area contributed by atoms with Crippen LogP contribution in [0.3, 0.4) is 0 Å². The fourth-order valence-electron chi connectivity index (χ4n) is 7.92. The van der Waals surface area contributed by atoms with E-state index in [1.165, 1.54) is 39.6 Å². The van der Waals surface area contributed by atoms with Crippen LogP contribution in [-0.4, -0.2) is 23.0 Å². The maximum Gasteiger partial charge on any atom is 0.144 e. The maximum atomic E-state index is 13.6. The van der Waals surface area contributed by atoms with Crippen LogP contribution in [0.25, 0.3) is 66.8 Å². The van der Waals surface area contributed by atoms with Gasteiger partial charge in [-0.25, -0.2) is 4.39 Å². The molecule has 0 unspecified atom stereocenters. The number of halogens is 1. The van der Waals surface area contributed by atoms with Crippen LogP contribution < -0.4 is 5.19 Å². The molecule has 0 aliphatic carbocycles. The maximum absolute atomic E-state index is 13.6. The summed E-state index contributed by atoms with van der Waals surface area (Å²) >= 11 is 0. The van der Waals surface area contributed by atoms with E-state index in [0.29, 0.717) is 11.8 Å². The van der Waals surface area contributed by atoms with Crippen molar-refractivity contribution in [2.75, 3.05) is 0 Å². The van der Waals surface area contributed by atoms with Crippen LogP contribution in [0.5, 0.6) is 0 Å². The molecule has 4 aromatic heterocycles. The van der Waals surface area contributed by atoms with Crippen molar-refractivity contribution in [3.8, 4) is 44.9 Å². The van der Waals surface area contributed by atoms with Crippen molar-refractivity contribution in [2.45, 2.75) is 67.1 Å². The molecule has 0 amide bonds. The summed E-state index contributed by atoms with van der Waals surface area (Å²) in [6, 6.07) is 50.1. The molecule has 0 bridgehead atoms. The average molecular weight is 1040 g/mol. The van der Waals surface area contributed by atoms with Gasteiger partial charge in [0.2, 0.25) is 0 Å². The number of pyridine rings is 3. The second-order valence-corrected chi connectivity index (χ2v) is 23.2. The summed E-state index contributed by atoms with van der Waals surface area (Å²) < 4.78 is 19.8. The van der Waals surface area contributed by atoms with E-state index < -0.39 is 8.07 Å². The molecule has 0 fully saturated rings. The van der Waals surface area contributed by atoms with Gasteiger partial charge < -0.3 is 4.42 Å². The number of furan rings is 1. The van der Waals surface area contributed by atoms with Crippen LogP contribution in [0.2, 0.25) is 19.6 Å². The van der Waals surface area contributed by atoms with E-state index in [0.717, 1.165) is 74.1 Å². The molecule has 0 spiro atoms. The molecule has 327 valence electrons. The van der Waals surface area contributed by atoms with Crippen LogP contribution in [0.15, 0.2) is 175 Å². The molecule has 7 heteroatoms. The van der Waals surface area contributed by atoms with Crippen molar-refractivity contribution >= 4 is 35.2 Å². The number of aromatic nitrogens is 3. The fourth-order valence-corrected chi connectivity index (χ4v) is 9.51. The Labute approximate surface area is 393 Å². The minimum Gasteiger partial charge on any atom is -0.455 e. The van der Waals surface area contributed by atoms with Crippen LogP contribution in [0, 0.1) is 24.6 Å². The molecule has 1 radical (unpaired) electrons. The predicted molar refractivity (Wildman–Crippen MR) is 266 cm³/mol. The van der Waals surface area contributed by atoms with Crippen molar-refractivity contribution in [1.82, 2.24) is 15.0 Å². The number of para-hydroxylation sites is 1. The van der Waals surface area contributed by atoms with E-state index in [-0.39, 0.29) is 25.9 Å². The molecule has 0 aliphatic heterocycles. The first-order chi connectivity index (χ1) is 30.3. The Morgan fingerprint density at radius 2 is 1.16 bits per heavy atom. The third kappa shape index (κ3) is 12.2. The number of fused-ring (bicyclic) bond motifs is 3. The number of hydrogen-bond acceptors (Lipinski definition) is 4. The Bertz CT molecular complexity index is 2920. The minimum atomic E-state index is -1.33. The van der Waals surface area contributed by atoms with E-state index in [2.05, 4.69) is 143 Å². The molecular formula is C57H58FIrN3OSi. The Kier molecular flexibility index (Phi) is 16.1. The average Bonchev–Trinajstić information content (AvgIpc) is 3.65. The van der Waals surface area contributed by atoms with E-state index >= 15 is 0 Å². The van der Waals surface area contributed by atoms with Crippen molar-refractivity contribution in [1.29, 1.82) is 0 Å². The Morgan fingerprint density at radius 3 is 1.80 bits per heavy atom. The first kappa shape index (κ1) is 47.6. The summed E-state index contributed by atoms with van der Waals surface area (Å²) in [5.41, 5.74) is 13.8. The van der Waals surface area contributed by atoms with E-state index in [1.54, 1.807) is 6.07 Å². The van der Waals surface area contributed by atoms with Gasteiger partial charge in [-0.3, -0.25) is 15.0 Å². The summed E-state index contributed by atoms with van der Waals surface area (Å²) in [5.74, 6) is 1.12. The summed E-state index contributed by atoms with van der Waals surface area (Å²) in [7, 11) is -1.33. The topological polar surface area (TPSA) is 51.8 Å². The Hall–Kier alpha value is -5.85. The first-order valence-electron chi connectivity index (χ1n) is 22.0. The van der Waals surface area contributed by atoms with Crippen LogP contribution >= 0.6 is 0 Å². The molecule has 4 nitrogen and oxygen atoms in total.